The molecule has 0 saturated heterocycles. The van der Waals surface area contributed by atoms with E-state index in [1.807, 2.05) is 0 Å². The number of amides is 1. The molecule has 0 unspecified atom stereocenters. The average molecular weight is 244 g/mol. The number of hydrogen-bond donors (Lipinski definition) is 2. The van der Waals surface area contributed by atoms with Gasteiger partial charge in [-0.25, -0.2) is 9.78 Å². The zero-order valence-electron chi connectivity index (χ0n) is 8.94. The third-order valence-corrected chi connectivity index (χ3v) is 2.74. The largest absolute Gasteiger partial charge is 0.477 e. The molecule has 88 valence electrons. The van der Waals surface area contributed by atoms with Crippen LogP contribution in [0, 0.1) is 0 Å². The van der Waals surface area contributed by atoms with E-state index in [4.69, 9.17) is 9.84 Å². The minimum Gasteiger partial charge on any atom is -0.477 e. The van der Waals surface area contributed by atoms with Gasteiger partial charge in [-0.2, -0.15) is 0 Å². The van der Waals surface area contributed by atoms with Crippen LogP contribution in [-0.2, 0) is 16.1 Å². The van der Waals surface area contributed by atoms with Gasteiger partial charge < -0.3 is 15.2 Å². The number of nitrogens with zero attached hydrogens (tertiary/aromatic N) is 1. The Balaban J connectivity index is 2.92. The third-order valence-electron chi connectivity index (χ3n) is 1.74. The Morgan fingerprint density at radius 2 is 2.25 bits per heavy atom. The van der Waals surface area contributed by atoms with E-state index in [1.54, 1.807) is 6.92 Å². The topological polar surface area (TPSA) is 88.5 Å². The minimum atomic E-state index is -1.07. The highest BCUT2D eigenvalue weighted by atomic mass is 32.1. The zero-order chi connectivity index (χ0) is 12.1. The predicted octanol–water partition coefficient (Wildman–Crippen LogP) is 1.34. The summed E-state index contributed by atoms with van der Waals surface area (Å²) < 4.78 is 4.83. The highest BCUT2D eigenvalue weighted by Gasteiger charge is 2.17. The lowest BCUT2D eigenvalue weighted by atomic mass is 10.4. The number of carbonyl (C=O) groups excluding carboxylic acids is 1. The van der Waals surface area contributed by atoms with Gasteiger partial charge in [0.05, 0.1) is 12.3 Å². The second-order valence-corrected chi connectivity index (χ2v) is 3.93. The van der Waals surface area contributed by atoms with Crippen molar-refractivity contribution in [3.8, 4) is 0 Å². The molecule has 7 heteroatoms. The Labute approximate surface area is 96.3 Å². The van der Waals surface area contributed by atoms with Crippen LogP contribution < -0.4 is 5.32 Å². The molecule has 0 aromatic carbocycles. The van der Waals surface area contributed by atoms with E-state index in [9.17, 15) is 9.59 Å². The van der Waals surface area contributed by atoms with Crippen LogP contribution in [0.15, 0.2) is 0 Å². The molecule has 16 heavy (non-hydrogen) atoms. The monoisotopic (exact) mass is 244 g/mol. The van der Waals surface area contributed by atoms with Crippen molar-refractivity contribution in [2.75, 3.05) is 12.4 Å². The number of aromatic nitrogens is 1. The average Bonchev–Trinajstić information content (AvgIpc) is 2.61. The molecule has 2 N–H and O–H groups in total. The molecular weight excluding hydrogens is 232 g/mol. The normalized spacial score (nSPS) is 10.1. The Bertz CT molecular complexity index is 402. The molecule has 0 saturated carbocycles. The summed E-state index contributed by atoms with van der Waals surface area (Å²) in [5.41, 5.74) is 0.325. The van der Waals surface area contributed by atoms with E-state index in [0.29, 0.717) is 12.1 Å². The summed E-state index contributed by atoms with van der Waals surface area (Å²) in [5.74, 6) is -1.27. The van der Waals surface area contributed by atoms with E-state index in [0.717, 1.165) is 11.3 Å². The van der Waals surface area contributed by atoms with Crippen molar-refractivity contribution < 1.29 is 19.4 Å². The Morgan fingerprint density at radius 3 is 2.75 bits per heavy atom. The van der Waals surface area contributed by atoms with E-state index in [1.165, 1.54) is 7.11 Å². The lowest BCUT2D eigenvalue weighted by molar-refractivity contribution is -0.115. The number of aromatic carboxylic acids is 1. The maximum absolute atomic E-state index is 11.1. The molecule has 0 aliphatic carbocycles. The van der Waals surface area contributed by atoms with E-state index >= 15 is 0 Å². The van der Waals surface area contributed by atoms with Gasteiger partial charge in [-0.1, -0.05) is 18.3 Å². The maximum Gasteiger partial charge on any atom is 0.347 e. The van der Waals surface area contributed by atoms with Gasteiger partial charge in [0.2, 0.25) is 5.91 Å². The van der Waals surface area contributed by atoms with Gasteiger partial charge in [0.15, 0.2) is 5.13 Å². The van der Waals surface area contributed by atoms with Crippen LogP contribution >= 0.6 is 11.3 Å². The first-order chi connectivity index (χ1) is 7.58. The van der Waals surface area contributed by atoms with Crippen molar-refractivity contribution >= 4 is 28.3 Å². The van der Waals surface area contributed by atoms with Crippen molar-refractivity contribution in [3.63, 3.8) is 0 Å². The van der Waals surface area contributed by atoms with Gasteiger partial charge in [0.25, 0.3) is 0 Å². The number of carboxylic acids is 1. The molecule has 0 fully saturated rings. The van der Waals surface area contributed by atoms with Crippen LogP contribution in [0.5, 0.6) is 0 Å². The van der Waals surface area contributed by atoms with Gasteiger partial charge in [-0.3, -0.25) is 4.79 Å². The van der Waals surface area contributed by atoms with Crippen molar-refractivity contribution in [3.05, 3.63) is 10.6 Å². The molecule has 0 atom stereocenters. The number of carbonyl (C=O) groups is 2. The molecule has 0 aliphatic rings. The maximum atomic E-state index is 11.1. The van der Waals surface area contributed by atoms with Gasteiger partial charge >= 0.3 is 5.97 Å². The molecule has 1 rings (SSSR count). The number of anilines is 1. The number of ether oxygens (including phenoxy) is 1. The first-order valence-electron chi connectivity index (χ1n) is 4.60. The summed E-state index contributed by atoms with van der Waals surface area (Å²) in [6, 6.07) is 0. The number of methoxy groups -OCH3 is 1. The number of carboxylic acid groups (broad SMARTS) is 1. The molecule has 1 amide bonds. The van der Waals surface area contributed by atoms with Crippen molar-refractivity contribution in [2.24, 2.45) is 0 Å². The Hall–Kier alpha value is -1.47. The van der Waals surface area contributed by atoms with Crippen LogP contribution in [0.2, 0.25) is 0 Å². The molecule has 1 aromatic heterocycles. The fourth-order valence-corrected chi connectivity index (χ4v) is 1.84. The van der Waals surface area contributed by atoms with Crippen molar-refractivity contribution in [2.45, 2.75) is 20.0 Å². The fraction of sp³-hybridized carbons (Fsp3) is 0.444. The quantitative estimate of drug-likeness (QED) is 0.815. The smallest absolute Gasteiger partial charge is 0.347 e. The minimum absolute atomic E-state index is 0.0910. The number of thiazole rings is 1. The Kier molecular flexibility index (Phi) is 4.39. The van der Waals surface area contributed by atoms with Crippen LogP contribution in [-0.4, -0.2) is 29.1 Å². The molecule has 0 spiro atoms. The van der Waals surface area contributed by atoms with E-state index in [-0.39, 0.29) is 22.5 Å². The second kappa shape index (κ2) is 5.57. The second-order valence-electron chi connectivity index (χ2n) is 2.93. The standard InChI is InChI=1S/C9H12N2O4S/c1-3-6(12)11-9-10-5(4-15-2)7(16-9)8(13)14/h3-4H2,1-2H3,(H,13,14)(H,10,11,12). The lowest BCUT2D eigenvalue weighted by Crippen LogP contribution is -2.09. The SMILES string of the molecule is CCC(=O)Nc1nc(COC)c(C(=O)O)s1. The number of rotatable bonds is 5. The predicted molar refractivity (Wildman–Crippen MR) is 58.7 cm³/mol. The first kappa shape index (κ1) is 12.6. The molecule has 6 nitrogen and oxygen atoms in total. The fourth-order valence-electron chi connectivity index (χ4n) is 1.01. The summed E-state index contributed by atoms with van der Waals surface area (Å²) in [7, 11) is 1.45. The van der Waals surface area contributed by atoms with Gasteiger partial charge in [0, 0.05) is 13.5 Å². The highest BCUT2D eigenvalue weighted by molar-refractivity contribution is 7.17. The molecular formula is C9H12N2O4S. The van der Waals surface area contributed by atoms with Crippen LogP contribution in [0.3, 0.4) is 0 Å². The summed E-state index contributed by atoms with van der Waals surface area (Å²) in [6.07, 6.45) is 0.321. The van der Waals surface area contributed by atoms with Crippen molar-refractivity contribution in [1.82, 2.24) is 4.98 Å². The van der Waals surface area contributed by atoms with E-state index in [2.05, 4.69) is 10.3 Å². The Morgan fingerprint density at radius 1 is 1.56 bits per heavy atom. The molecule has 1 heterocycles. The van der Waals surface area contributed by atoms with Crippen LogP contribution in [0.1, 0.15) is 28.7 Å². The van der Waals surface area contributed by atoms with Gasteiger partial charge in [-0.05, 0) is 0 Å². The highest BCUT2D eigenvalue weighted by Crippen LogP contribution is 2.23. The van der Waals surface area contributed by atoms with Crippen LogP contribution in [0.4, 0.5) is 5.13 Å². The summed E-state index contributed by atoms with van der Waals surface area (Å²) in [5, 5.41) is 11.7. The molecule has 0 aliphatic heterocycles. The third kappa shape index (κ3) is 3.01. The summed E-state index contributed by atoms with van der Waals surface area (Å²) in [6.45, 7) is 1.82. The number of hydrogen-bond acceptors (Lipinski definition) is 5. The molecule has 1 aromatic rings. The lowest BCUT2D eigenvalue weighted by Gasteiger charge is -1.96. The van der Waals surface area contributed by atoms with Crippen molar-refractivity contribution in [1.29, 1.82) is 0 Å². The first-order valence-corrected chi connectivity index (χ1v) is 5.41. The zero-order valence-corrected chi connectivity index (χ0v) is 9.76. The summed E-state index contributed by atoms with van der Waals surface area (Å²) >= 11 is 0.929. The van der Waals surface area contributed by atoms with E-state index < -0.39 is 5.97 Å². The number of nitrogens with one attached hydrogen (secondary N) is 1. The van der Waals surface area contributed by atoms with Crippen LogP contribution in [0.25, 0.3) is 0 Å². The molecule has 0 bridgehead atoms. The van der Waals surface area contributed by atoms with Gasteiger partial charge in [0.1, 0.15) is 4.88 Å². The van der Waals surface area contributed by atoms with Gasteiger partial charge in [-0.15, -0.1) is 0 Å². The molecule has 0 radical (unpaired) electrons. The summed E-state index contributed by atoms with van der Waals surface area (Å²) in [4.78, 5) is 26.1.